The molecule has 1 rings (SSSR count). The van der Waals surface area contributed by atoms with Crippen LogP contribution in [0.4, 0.5) is 0 Å². The van der Waals surface area contributed by atoms with Crippen molar-refractivity contribution in [3.8, 4) is 0 Å². The lowest BCUT2D eigenvalue weighted by atomic mass is 10.2. The zero-order valence-electron chi connectivity index (χ0n) is 7.56. The Bertz CT molecular complexity index is 338. The third-order valence-electron chi connectivity index (χ3n) is 1.41. The molecule has 0 aromatic carbocycles. The lowest BCUT2D eigenvalue weighted by Gasteiger charge is -2.08. The number of hydrogen-bond acceptors (Lipinski definition) is 4. The molecule has 0 saturated carbocycles. The maximum absolute atomic E-state index is 10.7. The third kappa shape index (κ3) is 4.10. The van der Waals surface area contributed by atoms with Gasteiger partial charge in [0, 0.05) is 6.42 Å². The molecule has 74 valence electrons. The molecule has 1 heterocycles. The van der Waals surface area contributed by atoms with Gasteiger partial charge in [0.2, 0.25) is 0 Å². The zero-order chi connectivity index (χ0) is 9.90. The van der Waals surface area contributed by atoms with Crippen molar-refractivity contribution in [1.82, 2.24) is 0 Å². The van der Waals surface area contributed by atoms with E-state index in [2.05, 4.69) is 0 Å². The Kier molecular flexibility index (Phi) is 3.11. The van der Waals surface area contributed by atoms with E-state index in [1.54, 1.807) is 25.3 Å². The van der Waals surface area contributed by atoms with Crippen molar-refractivity contribution in [2.75, 3.05) is 6.26 Å². The van der Waals surface area contributed by atoms with E-state index >= 15 is 0 Å². The molecular weight excluding hydrogens is 192 g/mol. The fraction of sp³-hybridized carbons (Fsp3) is 0.500. The van der Waals surface area contributed by atoms with Crippen molar-refractivity contribution in [3.05, 3.63) is 24.2 Å². The van der Waals surface area contributed by atoms with E-state index in [4.69, 9.17) is 8.60 Å². The number of rotatable bonds is 4. The summed E-state index contributed by atoms with van der Waals surface area (Å²) >= 11 is 0. The van der Waals surface area contributed by atoms with Gasteiger partial charge in [-0.15, -0.1) is 0 Å². The van der Waals surface area contributed by atoms with Gasteiger partial charge in [0.1, 0.15) is 5.76 Å². The highest BCUT2D eigenvalue weighted by Crippen LogP contribution is 2.07. The van der Waals surface area contributed by atoms with Crippen molar-refractivity contribution >= 4 is 10.1 Å². The van der Waals surface area contributed by atoms with Crippen LogP contribution in [-0.2, 0) is 20.7 Å². The molecule has 0 spiro atoms. The minimum atomic E-state index is -3.37. The number of furan rings is 1. The fourth-order valence-electron chi connectivity index (χ4n) is 1.04. The molecule has 5 heteroatoms. The quantitative estimate of drug-likeness (QED) is 0.691. The van der Waals surface area contributed by atoms with Crippen LogP contribution in [0.1, 0.15) is 12.7 Å². The third-order valence-corrected chi connectivity index (χ3v) is 2.09. The highest BCUT2D eigenvalue weighted by molar-refractivity contribution is 7.86. The largest absolute Gasteiger partial charge is 0.469 e. The summed E-state index contributed by atoms with van der Waals surface area (Å²) in [6.45, 7) is 1.68. The van der Waals surface area contributed by atoms with E-state index in [-0.39, 0.29) is 6.10 Å². The summed E-state index contributed by atoms with van der Waals surface area (Å²) in [5.74, 6) is 0.719. The van der Waals surface area contributed by atoms with E-state index in [1.165, 1.54) is 0 Å². The summed E-state index contributed by atoms with van der Waals surface area (Å²) in [7, 11) is -3.37. The molecule has 1 atom stereocenters. The highest BCUT2D eigenvalue weighted by Gasteiger charge is 2.11. The van der Waals surface area contributed by atoms with Crippen LogP contribution in [-0.4, -0.2) is 20.8 Å². The first kappa shape index (κ1) is 10.3. The second kappa shape index (κ2) is 3.93. The Morgan fingerprint density at radius 2 is 2.31 bits per heavy atom. The predicted molar refractivity (Wildman–Crippen MR) is 47.8 cm³/mol. The van der Waals surface area contributed by atoms with Crippen LogP contribution in [0.3, 0.4) is 0 Å². The summed E-state index contributed by atoms with van der Waals surface area (Å²) < 4.78 is 31.2. The minimum absolute atomic E-state index is 0.388. The van der Waals surface area contributed by atoms with E-state index in [9.17, 15) is 8.42 Å². The molecule has 0 aliphatic carbocycles. The average Bonchev–Trinajstić information content (AvgIpc) is 2.34. The smallest absolute Gasteiger partial charge is 0.264 e. The van der Waals surface area contributed by atoms with Crippen LogP contribution in [0.5, 0.6) is 0 Å². The van der Waals surface area contributed by atoms with Crippen LogP contribution in [0, 0.1) is 0 Å². The first-order valence-corrected chi connectivity index (χ1v) is 5.69. The molecule has 1 aromatic rings. The summed E-state index contributed by atoms with van der Waals surface area (Å²) in [5, 5.41) is 0. The second-order valence-corrected chi connectivity index (χ2v) is 4.50. The minimum Gasteiger partial charge on any atom is -0.469 e. The maximum atomic E-state index is 10.7. The van der Waals surface area contributed by atoms with Gasteiger partial charge in [-0.1, -0.05) is 0 Å². The van der Waals surface area contributed by atoms with E-state index in [1.807, 2.05) is 0 Å². The predicted octanol–water partition coefficient (Wildman–Crippen LogP) is 1.19. The van der Waals surface area contributed by atoms with E-state index < -0.39 is 10.1 Å². The number of hydrogen-bond donors (Lipinski definition) is 0. The van der Waals surface area contributed by atoms with Crippen LogP contribution in [0.2, 0.25) is 0 Å². The van der Waals surface area contributed by atoms with Gasteiger partial charge in [-0.2, -0.15) is 8.42 Å². The van der Waals surface area contributed by atoms with Gasteiger partial charge in [-0.25, -0.2) is 0 Å². The SMILES string of the molecule is C[C@@H](Cc1ccco1)OS(C)(=O)=O. The van der Waals surface area contributed by atoms with Crippen molar-refractivity contribution in [3.63, 3.8) is 0 Å². The molecule has 13 heavy (non-hydrogen) atoms. The van der Waals surface area contributed by atoms with Gasteiger partial charge in [-0.05, 0) is 19.1 Å². The van der Waals surface area contributed by atoms with Gasteiger partial charge in [0.15, 0.2) is 0 Å². The lowest BCUT2D eigenvalue weighted by molar-refractivity contribution is 0.222. The topological polar surface area (TPSA) is 56.5 Å². The van der Waals surface area contributed by atoms with Crippen molar-refractivity contribution in [1.29, 1.82) is 0 Å². The molecule has 0 aliphatic heterocycles. The highest BCUT2D eigenvalue weighted by atomic mass is 32.2. The van der Waals surface area contributed by atoms with Gasteiger partial charge < -0.3 is 4.42 Å². The van der Waals surface area contributed by atoms with Crippen LogP contribution in [0.25, 0.3) is 0 Å². The summed E-state index contributed by atoms with van der Waals surface area (Å²) in [6.07, 6.45) is 2.65. The van der Waals surface area contributed by atoms with Gasteiger partial charge in [-0.3, -0.25) is 4.18 Å². The summed E-state index contributed by atoms with van der Waals surface area (Å²) in [6, 6.07) is 3.53. The molecule has 0 unspecified atom stereocenters. The Hall–Kier alpha value is -0.810. The fourth-order valence-corrected chi connectivity index (χ4v) is 1.71. The molecule has 0 fully saturated rings. The average molecular weight is 204 g/mol. The van der Waals surface area contributed by atoms with Gasteiger partial charge in [0.25, 0.3) is 10.1 Å². The van der Waals surface area contributed by atoms with Gasteiger partial charge >= 0.3 is 0 Å². The molecule has 0 saturated heterocycles. The van der Waals surface area contributed by atoms with Gasteiger partial charge in [0.05, 0.1) is 18.6 Å². The maximum Gasteiger partial charge on any atom is 0.264 e. The standard InChI is InChI=1S/C8H12O4S/c1-7(12-13(2,9)10)6-8-4-3-5-11-8/h3-5,7H,6H2,1-2H3/t7-/m0/s1. The Balaban J connectivity index is 2.47. The zero-order valence-corrected chi connectivity index (χ0v) is 8.37. The summed E-state index contributed by atoms with van der Waals surface area (Å²) in [5.41, 5.74) is 0. The summed E-state index contributed by atoms with van der Waals surface area (Å²) in [4.78, 5) is 0. The normalized spacial score (nSPS) is 14.3. The van der Waals surface area contributed by atoms with Crippen molar-refractivity contribution < 1.29 is 17.0 Å². The van der Waals surface area contributed by atoms with E-state index in [0.29, 0.717) is 6.42 Å². The second-order valence-electron chi connectivity index (χ2n) is 2.89. The molecule has 0 radical (unpaired) electrons. The molecule has 0 N–H and O–H groups in total. The van der Waals surface area contributed by atoms with Crippen molar-refractivity contribution in [2.45, 2.75) is 19.4 Å². The first-order valence-electron chi connectivity index (χ1n) is 3.88. The van der Waals surface area contributed by atoms with E-state index in [0.717, 1.165) is 12.0 Å². The molecular formula is C8H12O4S. The van der Waals surface area contributed by atoms with Crippen LogP contribution < -0.4 is 0 Å². The first-order chi connectivity index (χ1) is 5.97. The monoisotopic (exact) mass is 204 g/mol. The molecule has 0 bridgehead atoms. The lowest BCUT2D eigenvalue weighted by Crippen LogP contribution is -2.16. The Morgan fingerprint density at radius 1 is 1.62 bits per heavy atom. The molecule has 0 aliphatic rings. The molecule has 0 amide bonds. The Labute approximate surface area is 77.6 Å². The van der Waals surface area contributed by atoms with Crippen LogP contribution >= 0.6 is 0 Å². The van der Waals surface area contributed by atoms with Crippen LogP contribution in [0.15, 0.2) is 22.8 Å². The molecule has 1 aromatic heterocycles. The van der Waals surface area contributed by atoms with Crippen molar-refractivity contribution in [2.24, 2.45) is 0 Å². The molecule has 4 nitrogen and oxygen atoms in total. The Morgan fingerprint density at radius 3 is 2.77 bits per heavy atom.